The number of rotatable bonds is 2. The molecule has 0 unspecified atom stereocenters. The smallest absolute Gasteiger partial charge is 0.257 e. The van der Waals surface area contributed by atoms with E-state index >= 15 is 0 Å². The van der Waals surface area contributed by atoms with Crippen LogP contribution in [0.5, 0.6) is 0 Å². The number of halogens is 1. The topological polar surface area (TPSA) is 67.2 Å². The molecule has 0 atom stereocenters. The van der Waals surface area contributed by atoms with Gasteiger partial charge in [0, 0.05) is 34.1 Å². The maximum Gasteiger partial charge on any atom is 0.257 e. The highest BCUT2D eigenvalue weighted by Crippen LogP contribution is 2.27. The number of carbonyl (C=O) groups excluding carboxylic acids is 1. The number of aromatic nitrogens is 2. The van der Waals surface area contributed by atoms with Crippen LogP contribution < -0.4 is 5.32 Å². The van der Waals surface area contributed by atoms with Gasteiger partial charge in [0.15, 0.2) is 5.17 Å². The minimum Gasteiger partial charge on any atom is -0.301 e. The number of hydrogen-bond acceptors (Lipinski definition) is 5. The van der Waals surface area contributed by atoms with Crippen molar-refractivity contribution in [3.8, 4) is 11.3 Å². The molecule has 1 aliphatic rings. The summed E-state index contributed by atoms with van der Waals surface area (Å²) < 4.78 is 0. The molecule has 0 spiro atoms. The van der Waals surface area contributed by atoms with Crippen molar-refractivity contribution in [2.75, 3.05) is 12.3 Å². The van der Waals surface area contributed by atoms with E-state index in [9.17, 15) is 4.79 Å². The van der Waals surface area contributed by atoms with E-state index in [1.807, 2.05) is 18.2 Å². The van der Waals surface area contributed by atoms with Gasteiger partial charge in [-0.15, -0.1) is 0 Å². The molecule has 1 aliphatic heterocycles. The first-order valence-corrected chi connectivity index (χ1v) is 9.06. The number of pyridine rings is 2. The Morgan fingerprint density at radius 3 is 2.92 bits per heavy atom. The van der Waals surface area contributed by atoms with Gasteiger partial charge in [-0.3, -0.25) is 14.8 Å². The van der Waals surface area contributed by atoms with Crippen molar-refractivity contribution in [1.82, 2.24) is 15.3 Å². The van der Waals surface area contributed by atoms with E-state index in [-0.39, 0.29) is 5.91 Å². The van der Waals surface area contributed by atoms with E-state index in [4.69, 9.17) is 11.6 Å². The van der Waals surface area contributed by atoms with Crippen molar-refractivity contribution >= 4 is 45.3 Å². The summed E-state index contributed by atoms with van der Waals surface area (Å²) in [4.78, 5) is 25.9. The van der Waals surface area contributed by atoms with Crippen LogP contribution >= 0.6 is 23.4 Å². The zero-order valence-corrected chi connectivity index (χ0v) is 14.6. The summed E-state index contributed by atoms with van der Waals surface area (Å²) in [5.41, 5.74) is 2.76. The normalized spacial score (nSPS) is 13.7. The Balaban J connectivity index is 1.84. The molecule has 124 valence electrons. The SMILES string of the molecule is O=C(NC1=NCCS1)c1cc(-c2cccnc2)nc2ccc(Cl)cc12. The van der Waals surface area contributed by atoms with E-state index in [1.54, 1.807) is 42.4 Å². The first kappa shape index (κ1) is 16.1. The Hall–Kier alpha value is -2.44. The van der Waals surface area contributed by atoms with Crippen LogP contribution in [0.4, 0.5) is 0 Å². The molecule has 0 bridgehead atoms. The summed E-state index contributed by atoms with van der Waals surface area (Å²) in [6, 6.07) is 10.9. The fourth-order valence-electron chi connectivity index (χ4n) is 2.62. The molecule has 4 rings (SSSR count). The Labute approximate surface area is 153 Å². The molecule has 1 aromatic carbocycles. The van der Waals surface area contributed by atoms with Crippen LogP contribution in [-0.2, 0) is 0 Å². The third-order valence-electron chi connectivity index (χ3n) is 3.78. The van der Waals surface area contributed by atoms with Gasteiger partial charge >= 0.3 is 0 Å². The van der Waals surface area contributed by atoms with Gasteiger partial charge in [0.05, 0.1) is 23.3 Å². The number of fused-ring (bicyclic) bond motifs is 1. The number of benzene rings is 1. The number of amidine groups is 1. The summed E-state index contributed by atoms with van der Waals surface area (Å²) in [6.45, 7) is 0.726. The zero-order valence-electron chi connectivity index (χ0n) is 13.1. The minimum atomic E-state index is -0.215. The lowest BCUT2D eigenvalue weighted by atomic mass is 10.0. The number of nitrogens with zero attached hydrogens (tertiary/aromatic N) is 3. The fraction of sp³-hybridized carbons (Fsp3) is 0.111. The van der Waals surface area contributed by atoms with Crippen LogP contribution in [0.1, 0.15) is 10.4 Å². The summed E-state index contributed by atoms with van der Waals surface area (Å²) >= 11 is 7.67. The number of aliphatic imine (C=N–C) groups is 1. The molecule has 0 saturated heterocycles. The van der Waals surface area contributed by atoms with Gasteiger partial charge in [0.25, 0.3) is 5.91 Å². The predicted octanol–water partition coefficient (Wildman–Crippen LogP) is 3.78. The van der Waals surface area contributed by atoms with Crippen molar-refractivity contribution in [3.05, 3.63) is 59.4 Å². The summed E-state index contributed by atoms with van der Waals surface area (Å²) in [6.07, 6.45) is 3.43. The molecule has 0 aliphatic carbocycles. The van der Waals surface area contributed by atoms with Crippen molar-refractivity contribution < 1.29 is 4.79 Å². The monoisotopic (exact) mass is 368 g/mol. The second-order valence-corrected chi connectivity index (χ2v) is 6.97. The maximum atomic E-state index is 12.8. The lowest BCUT2D eigenvalue weighted by Crippen LogP contribution is -2.27. The van der Waals surface area contributed by atoms with Crippen molar-refractivity contribution in [1.29, 1.82) is 0 Å². The molecule has 3 heterocycles. The molecule has 2 aromatic heterocycles. The quantitative estimate of drug-likeness (QED) is 0.747. The predicted molar refractivity (Wildman–Crippen MR) is 102 cm³/mol. The molecular weight excluding hydrogens is 356 g/mol. The number of thioether (sulfide) groups is 1. The van der Waals surface area contributed by atoms with Gasteiger partial charge in [0.2, 0.25) is 0 Å². The van der Waals surface area contributed by atoms with Gasteiger partial charge in [-0.2, -0.15) is 0 Å². The molecule has 0 fully saturated rings. The zero-order chi connectivity index (χ0) is 17.2. The van der Waals surface area contributed by atoms with Crippen molar-refractivity contribution in [2.24, 2.45) is 4.99 Å². The van der Waals surface area contributed by atoms with Crippen molar-refractivity contribution in [3.63, 3.8) is 0 Å². The maximum absolute atomic E-state index is 12.8. The Bertz CT molecular complexity index is 991. The van der Waals surface area contributed by atoms with Gasteiger partial charge in [-0.05, 0) is 36.4 Å². The van der Waals surface area contributed by atoms with Crippen LogP contribution in [-0.4, -0.2) is 33.3 Å². The lowest BCUT2D eigenvalue weighted by Gasteiger charge is -2.10. The van der Waals surface area contributed by atoms with Crippen LogP contribution in [0.15, 0.2) is 53.8 Å². The molecule has 0 saturated carbocycles. The highest BCUT2D eigenvalue weighted by Gasteiger charge is 2.17. The van der Waals surface area contributed by atoms with Gasteiger partial charge in [-0.1, -0.05) is 23.4 Å². The highest BCUT2D eigenvalue weighted by molar-refractivity contribution is 8.14. The van der Waals surface area contributed by atoms with Crippen molar-refractivity contribution in [2.45, 2.75) is 0 Å². The number of carbonyl (C=O) groups is 1. The molecule has 25 heavy (non-hydrogen) atoms. The van der Waals surface area contributed by atoms with E-state index < -0.39 is 0 Å². The van der Waals surface area contributed by atoms with E-state index in [0.717, 1.165) is 17.9 Å². The number of nitrogens with one attached hydrogen (secondary N) is 1. The Kier molecular flexibility index (Phi) is 4.38. The molecular formula is C18H13ClN4OS. The van der Waals surface area contributed by atoms with Crippen LogP contribution in [0.25, 0.3) is 22.2 Å². The third kappa shape index (κ3) is 3.36. The summed E-state index contributed by atoms with van der Waals surface area (Å²) in [5.74, 6) is 0.674. The Morgan fingerprint density at radius 2 is 2.16 bits per heavy atom. The van der Waals surface area contributed by atoms with E-state index in [0.29, 0.717) is 32.4 Å². The average molecular weight is 369 g/mol. The largest absolute Gasteiger partial charge is 0.301 e. The molecule has 0 radical (unpaired) electrons. The van der Waals surface area contributed by atoms with Crippen LogP contribution in [0.2, 0.25) is 5.02 Å². The molecule has 5 nitrogen and oxygen atoms in total. The standard InChI is InChI=1S/C18H13ClN4OS/c19-12-3-4-15-13(8-12)14(17(24)23-18-21-6-7-25-18)9-16(22-15)11-2-1-5-20-10-11/h1-5,8-10H,6-7H2,(H,21,23,24). The summed E-state index contributed by atoms with van der Waals surface area (Å²) in [7, 11) is 0. The second kappa shape index (κ2) is 6.82. The van der Waals surface area contributed by atoms with E-state index in [1.165, 1.54) is 0 Å². The minimum absolute atomic E-state index is 0.215. The number of hydrogen-bond donors (Lipinski definition) is 1. The average Bonchev–Trinajstić information content (AvgIpc) is 3.14. The van der Waals surface area contributed by atoms with Crippen LogP contribution in [0, 0.1) is 0 Å². The van der Waals surface area contributed by atoms with Gasteiger partial charge < -0.3 is 5.32 Å². The second-order valence-electron chi connectivity index (χ2n) is 5.45. The first-order valence-electron chi connectivity index (χ1n) is 7.70. The molecule has 1 N–H and O–H groups in total. The fourth-order valence-corrected chi connectivity index (χ4v) is 3.52. The number of amides is 1. The third-order valence-corrected chi connectivity index (χ3v) is 4.90. The molecule has 3 aromatic rings. The lowest BCUT2D eigenvalue weighted by molar-refractivity contribution is 0.0979. The van der Waals surface area contributed by atoms with Crippen LogP contribution in [0.3, 0.4) is 0 Å². The molecule has 1 amide bonds. The van der Waals surface area contributed by atoms with E-state index in [2.05, 4.69) is 20.3 Å². The first-order chi connectivity index (χ1) is 12.2. The highest BCUT2D eigenvalue weighted by atomic mass is 35.5. The summed E-state index contributed by atoms with van der Waals surface area (Å²) in [5, 5.41) is 4.80. The van der Waals surface area contributed by atoms with Gasteiger partial charge in [0.1, 0.15) is 0 Å². The Morgan fingerprint density at radius 1 is 1.24 bits per heavy atom. The van der Waals surface area contributed by atoms with Gasteiger partial charge in [-0.25, -0.2) is 4.98 Å². The molecule has 7 heteroatoms.